The van der Waals surface area contributed by atoms with Gasteiger partial charge in [-0.3, -0.25) is 9.69 Å². The highest BCUT2D eigenvalue weighted by Crippen LogP contribution is 2.08. The molecule has 1 aliphatic heterocycles. The minimum atomic E-state index is -1.33. The third-order valence-corrected chi connectivity index (χ3v) is 2.65. The van der Waals surface area contributed by atoms with Crippen LogP contribution in [-0.4, -0.2) is 52.9 Å². The van der Waals surface area contributed by atoms with Gasteiger partial charge in [0.15, 0.2) is 0 Å². The fourth-order valence-corrected chi connectivity index (χ4v) is 2.01. The van der Waals surface area contributed by atoms with E-state index >= 15 is 0 Å². The van der Waals surface area contributed by atoms with Crippen LogP contribution in [0.15, 0.2) is 0 Å². The molecule has 1 aliphatic rings. The summed E-state index contributed by atoms with van der Waals surface area (Å²) in [5, 5.41) is 8.33. The Bertz CT molecular complexity index is 189. The van der Waals surface area contributed by atoms with E-state index in [9.17, 15) is 9.59 Å². The van der Waals surface area contributed by atoms with E-state index in [1.807, 2.05) is 16.7 Å². The van der Waals surface area contributed by atoms with Gasteiger partial charge in [-0.1, -0.05) is 0 Å². The Balaban J connectivity index is 2.29. The fourth-order valence-electron chi connectivity index (χ4n) is 1.03. The van der Waals surface area contributed by atoms with Crippen LogP contribution in [0.5, 0.6) is 0 Å². The van der Waals surface area contributed by atoms with E-state index in [1.54, 1.807) is 0 Å². The summed E-state index contributed by atoms with van der Waals surface area (Å²) in [4.78, 5) is 22.8. The second-order valence-corrected chi connectivity index (χ2v) is 3.84. The number of carbonyl (C=O) groups is 2. The summed E-state index contributed by atoms with van der Waals surface area (Å²) in [6.45, 7) is 1.71. The molecule has 0 atom stereocenters. The third-order valence-electron chi connectivity index (χ3n) is 1.71. The number of carboxylic acid groups (broad SMARTS) is 1. The quantitative estimate of drug-likeness (QED) is 0.617. The number of aliphatic carboxylic acids is 1. The lowest BCUT2D eigenvalue weighted by Gasteiger charge is -2.24. The molecule has 0 amide bonds. The third kappa shape index (κ3) is 2.83. The number of rotatable bonds is 3. The molecule has 0 unspecified atom stereocenters. The van der Waals surface area contributed by atoms with Gasteiger partial charge < -0.3 is 5.11 Å². The smallest absolute Gasteiger partial charge is 0.373 e. The zero-order valence-corrected chi connectivity index (χ0v) is 7.47. The molecular weight excluding hydrogens is 178 g/mol. The van der Waals surface area contributed by atoms with Crippen molar-refractivity contribution in [1.82, 2.24) is 4.90 Å². The molecule has 4 nitrogen and oxygen atoms in total. The highest BCUT2D eigenvalue weighted by atomic mass is 32.2. The van der Waals surface area contributed by atoms with Crippen molar-refractivity contribution >= 4 is 23.5 Å². The minimum Gasteiger partial charge on any atom is -0.475 e. The summed E-state index contributed by atoms with van der Waals surface area (Å²) < 4.78 is 0. The first-order chi connectivity index (χ1) is 5.70. The predicted molar refractivity (Wildman–Crippen MR) is 46.4 cm³/mol. The van der Waals surface area contributed by atoms with Gasteiger partial charge in [0.2, 0.25) is 0 Å². The van der Waals surface area contributed by atoms with Crippen LogP contribution in [0, 0.1) is 0 Å². The number of Topliss-reactive ketones (excluding diaryl/α,β-unsaturated/α-hetero) is 1. The van der Waals surface area contributed by atoms with Crippen LogP contribution in [0.3, 0.4) is 0 Å². The Morgan fingerprint density at radius 3 is 2.42 bits per heavy atom. The van der Waals surface area contributed by atoms with E-state index in [0.29, 0.717) is 0 Å². The van der Waals surface area contributed by atoms with Crippen LogP contribution in [0.2, 0.25) is 0 Å². The van der Waals surface area contributed by atoms with Gasteiger partial charge in [-0.15, -0.1) is 0 Å². The van der Waals surface area contributed by atoms with Crippen molar-refractivity contribution in [2.75, 3.05) is 31.1 Å². The lowest BCUT2D eigenvalue weighted by atomic mass is 10.3. The van der Waals surface area contributed by atoms with Gasteiger partial charge >= 0.3 is 5.97 Å². The fraction of sp³-hybridized carbons (Fsp3) is 0.714. The molecule has 0 aromatic rings. The van der Waals surface area contributed by atoms with Gasteiger partial charge in [0.1, 0.15) is 0 Å². The molecule has 12 heavy (non-hydrogen) atoms. The Morgan fingerprint density at radius 1 is 1.33 bits per heavy atom. The number of nitrogens with zero attached hydrogens (tertiary/aromatic N) is 1. The zero-order valence-electron chi connectivity index (χ0n) is 6.65. The molecule has 1 saturated heterocycles. The first kappa shape index (κ1) is 9.54. The number of thioether (sulfide) groups is 1. The Morgan fingerprint density at radius 2 is 1.92 bits per heavy atom. The molecule has 1 N–H and O–H groups in total. The molecule has 1 rings (SSSR count). The maximum Gasteiger partial charge on any atom is 0.373 e. The lowest BCUT2D eigenvalue weighted by Crippen LogP contribution is -2.38. The number of carbonyl (C=O) groups excluding carboxylic acids is 1. The van der Waals surface area contributed by atoms with E-state index in [4.69, 9.17) is 5.11 Å². The molecule has 0 aromatic heterocycles. The first-order valence-corrected chi connectivity index (χ1v) is 4.92. The van der Waals surface area contributed by atoms with E-state index in [-0.39, 0.29) is 6.54 Å². The average molecular weight is 189 g/mol. The Labute approximate surface area is 74.9 Å². The van der Waals surface area contributed by atoms with Crippen molar-refractivity contribution in [1.29, 1.82) is 0 Å². The van der Waals surface area contributed by atoms with Crippen molar-refractivity contribution < 1.29 is 14.7 Å². The lowest BCUT2D eigenvalue weighted by molar-refractivity contribution is -0.149. The number of hydrogen-bond acceptors (Lipinski definition) is 4. The van der Waals surface area contributed by atoms with Crippen molar-refractivity contribution in [2.45, 2.75) is 0 Å². The molecule has 0 radical (unpaired) electrons. The monoisotopic (exact) mass is 189 g/mol. The molecule has 5 heteroatoms. The van der Waals surface area contributed by atoms with Gasteiger partial charge in [-0.2, -0.15) is 11.8 Å². The van der Waals surface area contributed by atoms with Crippen molar-refractivity contribution in [3.8, 4) is 0 Å². The van der Waals surface area contributed by atoms with E-state index in [1.165, 1.54) is 0 Å². The normalized spacial score (nSPS) is 19.0. The molecule has 0 aromatic carbocycles. The van der Waals surface area contributed by atoms with E-state index in [2.05, 4.69) is 0 Å². The first-order valence-electron chi connectivity index (χ1n) is 3.76. The van der Waals surface area contributed by atoms with E-state index in [0.717, 1.165) is 24.6 Å². The summed E-state index contributed by atoms with van der Waals surface area (Å²) in [7, 11) is 0. The van der Waals surface area contributed by atoms with Gasteiger partial charge in [0.05, 0.1) is 6.54 Å². The number of carboxylic acids is 1. The Kier molecular flexibility index (Phi) is 3.55. The standard InChI is InChI=1S/C7H11NO3S/c9-6(7(10)11)5-8-1-3-12-4-2-8/h1-5H2,(H,10,11). The molecule has 0 spiro atoms. The van der Waals surface area contributed by atoms with Gasteiger partial charge in [0, 0.05) is 24.6 Å². The highest BCUT2D eigenvalue weighted by molar-refractivity contribution is 7.99. The van der Waals surface area contributed by atoms with E-state index < -0.39 is 11.8 Å². The summed E-state index contributed by atoms with van der Waals surface area (Å²) in [6, 6.07) is 0. The van der Waals surface area contributed by atoms with Crippen molar-refractivity contribution in [3.63, 3.8) is 0 Å². The predicted octanol–water partition coefficient (Wildman–Crippen LogP) is -0.311. The zero-order chi connectivity index (χ0) is 8.97. The molecule has 0 aliphatic carbocycles. The maximum atomic E-state index is 10.8. The molecule has 1 fully saturated rings. The average Bonchev–Trinajstić information content (AvgIpc) is 2.06. The molecule has 0 saturated carbocycles. The molecule has 0 bridgehead atoms. The topological polar surface area (TPSA) is 57.6 Å². The van der Waals surface area contributed by atoms with Crippen LogP contribution in [0.1, 0.15) is 0 Å². The maximum absolute atomic E-state index is 10.8. The van der Waals surface area contributed by atoms with Crippen LogP contribution < -0.4 is 0 Å². The van der Waals surface area contributed by atoms with Crippen molar-refractivity contribution in [2.24, 2.45) is 0 Å². The number of ketones is 1. The van der Waals surface area contributed by atoms with Gasteiger partial charge in [-0.25, -0.2) is 4.79 Å². The second kappa shape index (κ2) is 4.47. The molecule has 68 valence electrons. The van der Waals surface area contributed by atoms with Crippen LogP contribution in [-0.2, 0) is 9.59 Å². The van der Waals surface area contributed by atoms with Crippen LogP contribution >= 0.6 is 11.8 Å². The van der Waals surface area contributed by atoms with Gasteiger partial charge in [0.25, 0.3) is 5.78 Å². The molecular formula is C7H11NO3S. The summed E-state index contributed by atoms with van der Waals surface area (Å²) in [5.74, 6) is -0.0464. The largest absolute Gasteiger partial charge is 0.475 e. The second-order valence-electron chi connectivity index (χ2n) is 2.62. The molecule has 1 heterocycles. The van der Waals surface area contributed by atoms with Gasteiger partial charge in [-0.05, 0) is 0 Å². The summed E-state index contributed by atoms with van der Waals surface area (Å²) in [5.41, 5.74) is 0. The van der Waals surface area contributed by atoms with Crippen LogP contribution in [0.25, 0.3) is 0 Å². The summed E-state index contributed by atoms with van der Waals surface area (Å²) >= 11 is 1.83. The highest BCUT2D eigenvalue weighted by Gasteiger charge is 2.18. The Hall–Kier alpha value is -0.550. The SMILES string of the molecule is O=C(O)C(=O)CN1CCSCC1. The number of hydrogen-bond donors (Lipinski definition) is 1. The summed E-state index contributed by atoms with van der Waals surface area (Å²) in [6.07, 6.45) is 0. The minimum absolute atomic E-state index is 0.0654. The van der Waals surface area contributed by atoms with Crippen LogP contribution in [0.4, 0.5) is 0 Å². The van der Waals surface area contributed by atoms with Crippen molar-refractivity contribution in [3.05, 3.63) is 0 Å².